The molecule has 0 saturated heterocycles. The van der Waals surface area contributed by atoms with Crippen LogP contribution in [0.15, 0.2) is 52.6 Å². The van der Waals surface area contributed by atoms with Crippen molar-refractivity contribution in [2.24, 2.45) is 5.28 Å². The quantitative estimate of drug-likeness (QED) is 0.124. The van der Waals surface area contributed by atoms with Gasteiger partial charge in [-0.1, -0.05) is 23.8 Å². The molecule has 0 bridgehead atoms. The van der Waals surface area contributed by atoms with Gasteiger partial charge in [0, 0.05) is 20.8 Å². The van der Waals surface area contributed by atoms with E-state index >= 15 is 0 Å². The Morgan fingerprint density at radius 3 is 2.73 bits per heavy atom. The van der Waals surface area contributed by atoms with E-state index in [9.17, 15) is 5.11 Å². The van der Waals surface area contributed by atoms with Crippen LogP contribution in [0.1, 0.15) is 5.56 Å². The summed E-state index contributed by atoms with van der Waals surface area (Å²) in [6.45, 7) is 2.08. The molecular formula is C22H20N8O2S. The van der Waals surface area contributed by atoms with Crippen LogP contribution in [0.3, 0.4) is 0 Å². The molecule has 0 radical (unpaired) electrons. The smallest absolute Gasteiger partial charge is 0.171 e. The molecule has 0 atom stereocenters. The van der Waals surface area contributed by atoms with Crippen molar-refractivity contribution in [2.45, 2.75) is 18.4 Å². The summed E-state index contributed by atoms with van der Waals surface area (Å²) >= 11 is 1.66. The van der Waals surface area contributed by atoms with Crippen LogP contribution in [0.2, 0.25) is 0 Å². The highest BCUT2D eigenvalue weighted by Crippen LogP contribution is 2.42. The Bertz CT molecular complexity index is 1570. The first-order valence-corrected chi connectivity index (χ1v) is 11.4. The number of azide groups is 1. The second-order valence-electron chi connectivity index (χ2n) is 7.49. The van der Waals surface area contributed by atoms with Crippen molar-refractivity contribution in [3.8, 4) is 17.1 Å². The zero-order valence-electron chi connectivity index (χ0n) is 17.9. The maximum absolute atomic E-state index is 9.54. The van der Waals surface area contributed by atoms with E-state index in [1.807, 2.05) is 60.0 Å². The molecule has 0 aliphatic carbocycles. The second kappa shape index (κ2) is 8.21. The number of nitrogens with zero attached hydrogens (tertiary/aromatic N) is 7. The van der Waals surface area contributed by atoms with Crippen LogP contribution >= 0.6 is 11.8 Å². The number of thioether (sulfide) groups is 1. The lowest BCUT2D eigenvalue weighted by atomic mass is 10.1. The van der Waals surface area contributed by atoms with Gasteiger partial charge in [0.1, 0.15) is 16.6 Å². The van der Waals surface area contributed by atoms with Crippen LogP contribution in [-0.4, -0.2) is 37.1 Å². The zero-order chi connectivity index (χ0) is 23.1. The van der Waals surface area contributed by atoms with E-state index in [1.54, 1.807) is 16.4 Å². The monoisotopic (exact) mass is 460 g/mol. The van der Waals surface area contributed by atoms with Gasteiger partial charge < -0.3 is 15.7 Å². The topological polar surface area (TPSA) is 139 Å². The summed E-state index contributed by atoms with van der Waals surface area (Å²) in [5.41, 5.74) is 19.1. The molecule has 0 saturated carbocycles. The summed E-state index contributed by atoms with van der Waals surface area (Å²) in [4.78, 5) is 14.4. The molecule has 0 unspecified atom stereocenters. The van der Waals surface area contributed by atoms with Gasteiger partial charge in [-0.2, -0.15) is 5.10 Å². The predicted molar refractivity (Wildman–Crippen MR) is 129 cm³/mol. The van der Waals surface area contributed by atoms with Crippen molar-refractivity contribution in [1.29, 1.82) is 0 Å². The van der Waals surface area contributed by atoms with E-state index in [0.717, 1.165) is 26.9 Å². The zero-order valence-corrected chi connectivity index (χ0v) is 18.7. The molecule has 33 heavy (non-hydrogen) atoms. The van der Waals surface area contributed by atoms with Gasteiger partial charge in [-0.25, -0.2) is 9.67 Å². The van der Waals surface area contributed by atoms with E-state index in [0.29, 0.717) is 28.1 Å². The number of aromatic nitrogens is 4. The molecule has 2 aromatic carbocycles. The molecule has 0 spiro atoms. The maximum atomic E-state index is 9.54. The van der Waals surface area contributed by atoms with Gasteiger partial charge in [0.05, 0.1) is 24.1 Å². The number of rotatable bonds is 6. The second-order valence-corrected chi connectivity index (χ2v) is 8.37. The normalized spacial score (nSPS) is 11.4. The molecule has 0 fully saturated rings. The fourth-order valence-electron chi connectivity index (χ4n) is 4.12. The third-order valence-electron chi connectivity index (χ3n) is 5.52. The minimum absolute atomic E-state index is 0.120. The predicted octanol–water partition coefficient (Wildman–Crippen LogP) is 4.71. The molecule has 5 rings (SSSR count). The summed E-state index contributed by atoms with van der Waals surface area (Å²) in [5, 5.41) is 18.6. The van der Waals surface area contributed by atoms with Crippen molar-refractivity contribution in [1.82, 2.24) is 19.2 Å². The first-order valence-electron chi connectivity index (χ1n) is 10.1. The molecule has 0 aliphatic rings. The van der Waals surface area contributed by atoms with Crippen LogP contribution in [0.4, 0.5) is 5.82 Å². The van der Waals surface area contributed by atoms with Gasteiger partial charge >= 0.3 is 0 Å². The van der Waals surface area contributed by atoms with Gasteiger partial charge in [0.2, 0.25) is 0 Å². The van der Waals surface area contributed by atoms with E-state index in [-0.39, 0.29) is 19.0 Å². The summed E-state index contributed by atoms with van der Waals surface area (Å²) in [6, 6.07) is 14.0. The molecule has 0 amide bonds. The third-order valence-corrected chi connectivity index (χ3v) is 6.26. The Morgan fingerprint density at radius 1 is 1.24 bits per heavy atom. The number of nitrogens with two attached hydrogens (primary N) is 1. The van der Waals surface area contributed by atoms with Crippen molar-refractivity contribution < 1.29 is 9.94 Å². The Morgan fingerprint density at radius 2 is 2.03 bits per heavy atom. The average Bonchev–Trinajstić information content (AvgIpc) is 3.31. The van der Waals surface area contributed by atoms with Gasteiger partial charge in [-0.15, -0.1) is 11.8 Å². The molecule has 5 aromatic rings. The van der Waals surface area contributed by atoms with Crippen LogP contribution in [-0.2, 0) is 6.54 Å². The lowest BCUT2D eigenvalue weighted by Gasteiger charge is -2.10. The lowest BCUT2D eigenvalue weighted by molar-refractivity contribution is 0.271. The number of fused-ring (bicyclic) bond motifs is 5. The SMILES string of the molecule is CSc1ccc(-c2nc3c(c(N)nn3CCO)c3c(ON=[N+]=[N-])c4cc(C)ccc4n23)cc1. The fraction of sp³-hybridized carbons (Fsp3) is 0.182. The van der Waals surface area contributed by atoms with Crippen molar-refractivity contribution in [3.63, 3.8) is 0 Å². The van der Waals surface area contributed by atoms with Crippen LogP contribution in [0, 0.1) is 6.92 Å². The average molecular weight is 461 g/mol. The minimum atomic E-state index is -0.120. The first-order chi connectivity index (χ1) is 16.1. The molecule has 10 nitrogen and oxygen atoms in total. The Labute approximate surface area is 192 Å². The van der Waals surface area contributed by atoms with Crippen molar-refractivity contribution in [3.05, 3.63) is 58.5 Å². The first kappa shape index (κ1) is 21.0. The number of nitrogen functional groups attached to an aromatic ring is 1. The highest BCUT2D eigenvalue weighted by atomic mass is 32.2. The molecule has 3 heterocycles. The Kier molecular flexibility index (Phi) is 5.21. The number of hydrogen-bond donors (Lipinski definition) is 2. The van der Waals surface area contributed by atoms with Crippen LogP contribution in [0.25, 0.3) is 49.3 Å². The Hall–Kier alpha value is -3.92. The molecule has 166 valence electrons. The van der Waals surface area contributed by atoms with E-state index in [4.69, 9.17) is 21.1 Å². The highest BCUT2D eigenvalue weighted by Gasteiger charge is 2.25. The summed E-state index contributed by atoms with van der Waals surface area (Å²) in [7, 11) is 0. The van der Waals surface area contributed by atoms with Crippen molar-refractivity contribution in [2.75, 3.05) is 18.6 Å². The summed E-state index contributed by atoms with van der Waals surface area (Å²) < 4.78 is 3.53. The van der Waals surface area contributed by atoms with E-state index in [2.05, 4.69) is 15.3 Å². The number of aryl methyl sites for hydroxylation is 1. The van der Waals surface area contributed by atoms with E-state index < -0.39 is 0 Å². The van der Waals surface area contributed by atoms with Crippen LogP contribution < -0.4 is 10.6 Å². The molecular weight excluding hydrogens is 440 g/mol. The minimum Gasteiger partial charge on any atom is -0.394 e. The number of benzene rings is 2. The summed E-state index contributed by atoms with van der Waals surface area (Å²) in [6.07, 6.45) is 2.02. The maximum Gasteiger partial charge on any atom is 0.171 e. The lowest BCUT2D eigenvalue weighted by Crippen LogP contribution is -2.06. The highest BCUT2D eigenvalue weighted by molar-refractivity contribution is 7.98. The molecule has 0 aliphatic heterocycles. The van der Waals surface area contributed by atoms with Gasteiger partial charge in [0.25, 0.3) is 0 Å². The molecule has 11 heteroatoms. The summed E-state index contributed by atoms with van der Waals surface area (Å²) in [5.74, 6) is 1.26. The number of anilines is 1. The third kappa shape index (κ3) is 3.30. The standard InChI is InChI=1S/C22H20N8O2S/c1-12-3-8-16-15(11-12)19(32-28-27-24)18-17-20(23)26-29(9-10-31)22(17)25-21(30(16)18)13-4-6-14(33-2)7-5-13/h3-8,11,31H,9-10H2,1-2H3,(H2,23,26). The van der Waals surface area contributed by atoms with Crippen LogP contribution in [0.5, 0.6) is 5.75 Å². The van der Waals surface area contributed by atoms with Gasteiger partial charge in [-0.05, 0) is 43.0 Å². The van der Waals surface area contributed by atoms with Gasteiger partial charge in [0.15, 0.2) is 17.2 Å². The number of aliphatic hydroxyl groups is 1. The Balaban J connectivity index is 2.01. The van der Waals surface area contributed by atoms with Crippen molar-refractivity contribution >= 4 is 45.0 Å². The number of hydrogen-bond acceptors (Lipinski definition) is 7. The largest absolute Gasteiger partial charge is 0.394 e. The van der Waals surface area contributed by atoms with Gasteiger partial charge in [-0.3, -0.25) is 4.40 Å². The van der Waals surface area contributed by atoms with E-state index in [1.165, 1.54) is 0 Å². The molecule has 3 N–H and O–H groups in total. The fourth-order valence-corrected chi connectivity index (χ4v) is 4.53. The molecule has 3 aromatic heterocycles. The number of aliphatic hydroxyl groups excluding tert-OH is 1.